The van der Waals surface area contributed by atoms with E-state index in [1.807, 2.05) is 6.07 Å². The molecule has 0 aliphatic heterocycles. The SMILES string of the molecule is c1ccc(-c2ccc3c(c2)oc2cc(-c4ccc5cc(-c6ccc7cc(-c8cc9ccccc9c9ccccc89)ccc7c6)ccc5c4)ccc23)cc1. The highest BCUT2D eigenvalue weighted by atomic mass is 16.3. The second-order valence-electron chi connectivity index (χ2n) is 14.1. The largest absolute Gasteiger partial charge is 0.456 e. The van der Waals surface area contributed by atoms with Gasteiger partial charge in [0, 0.05) is 10.8 Å². The molecule has 1 aromatic heterocycles. The Bertz CT molecular complexity index is 3220. The molecular formula is C52H32O. The van der Waals surface area contributed by atoms with Gasteiger partial charge in [0.25, 0.3) is 0 Å². The Morgan fingerprint density at radius 3 is 1.26 bits per heavy atom. The lowest BCUT2D eigenvalue weighted by Gasteiger charge is -2.12. The molecule has 10 aromatic carbocycles. The molecule has 0 radical (unpaired) electrons. The van der Waals surface area contributed by atoms with Gasteiger partial charge in [0.15, 0.2) is 0 Å². The monoisotopic (exact) mass is 672 g/mol. The fourth-order valence-electron chi connectivity index (χ4n) is 8.26. The highest BCUT2D eigenvalue weighted by Crippen LogP contribution is 2.38. The minimum Gasteiger partial charge on any atom is -0.456 e. The summed E-state index contributed by atoms with van der Waals surface area (Å²) in [5.41, 5.74) is 11.5. The first kappa shape index (κ1) is 29.7. The van der Waals surface area contributed by atoms with Crippen LogP contribution in [0.25, 0.3) is 110 Å². The third kappa shape index (κ3) is 5.01. The molecule has 1 heterocycles. The van der Waals surface area contributed by atoms with Crippen molar-refractivity contribution in [3.8, 4) is 44.5 Å². The van der Waals surface area contributed by atoms with Crippen LogP contribution in [0.4, 0.5) is 0 Å². The normalized spacial score (nSPS) is 11.8. The van der Waals surface area contributed by atoms with Crippen LogP contribution in [0.3, 0.4) is 0 Å². The van der Waals surface area contributed by atoms with Crippen LogP contribution in [0, 0.1) is 0 Å². The number of fused-ring (bicyclic) bond motifs is 8. The van der Waals surface area contributed by atoms with E-state index in [1.54, 1.807) is 0 Å². The van der Waals surface area contributed by atoms with Crippen molar-refractivity contribution in [3.63, 3.8) is 0 Å². The average molecular weight is 673 g/mol. The molecule has 246 valence electrons. The first-order valence-corrected chi connectivity index (χ1v) is 18.2. The van der Waals surface area contributed by atoms with Crippen LogP contribution in [0.1, 0.15) is 0 Å². The summed E-state index contributed by atoms with van der Waals surface area (Å²) in [6.07, 6.45) is 0. The Kier molecular flexibility index (Phi) is 6.62. The van der Waals surface area contributed by atoms with Crippen LogP contribution in [0.15, 0.2) is 199 Å². The topological polar surface area (TPSA) is 13.1 Å². The highest BCUT2D eigenvalue weighted by molar-refractivity contribution is 6.14. The minimum absolute atomic E-state index is 0.909. The van der Waals surface area contributed by atoms with Gasteiger partial charge < -0.3 is 4.42 Å². The molecule has 0 atom stereocenters. The predicted molar refractivity (Wildman–Crippen MR) is 225 cm³/mol. The third-order valence-corrected chi connectivity index (χ3v) is 11.0. The summed E-state index contributed by atoms with van der Waals surface area (Å²) in [6, 6.07) is 70.6. The number of benzene rings is 10. The smallest absolute Gasteiger partial charge is 0.136 e. The van der Waals surface area contributed by atoms with Gasteiger partial charge in [-0.3, -0.25) is 0 Å². The van der Waals surface area contributed by atoms with Gasteiger partial charge in [0.2, 0.25) is 0 Å². The molecule has 0 aliphatic rings. The highest BCUT2D eigenvalue weighted by Gasteiger charge is 2.12. The van der Waals surface area contributed by atoms with Crippen molar-refractivity contribution >= 4 is 65.0 Å². The number of furan rings is 1. The standard InChI is InChI=1S/C52H32O/c1-2-8-33(9-3-1)41-22-24-48-49-25-23-42(32-52(49)53-51(48)31-41)39-18-16-35-26-34(14-15-37(35)28-39)36-17-19-40-29-44(21-20-38(40)27-36)50-30-43-10-4-5-11-45(43)46-12-6-7-13-47(46)50/h1-32H. The maximum Gasteiger partial charge on any atom is 0.136 e. The van der Waals surface area contributed by atoms with E-state index in [0.29, 0.717) is 0 Å². The lowest BCUT2D eigenvalue weighted by molar-refractivity contribution is 0.669. The van der Waals surface area contributed by atoms with Crippen LogP contribution in [-0.4, -0.2) is 0 Å². The third-order valence-electron chi connectivity index (χ3n) is 11.0. The van der Waals surface area contributed by atoms with Crippen molar-refractivity contribution in [3.05, 3.63) is 194 Å². The molecule has 0 spiro atoms. The van der Waals surface area contributed by atoms with Crippen molar-refractivity contribution < 1.29 is 4.42 Å². The van der Waals surface area contributed by atoms with E-state index in [2.05, 4.69) is 188 Å². The lowest BCUT2D eigenvalue weighted by atomic mass is 9.91. The molecule has 0 amide bonds. The fourth-order valence-corrected chi connectivity index (χ4v) is 8.26. The van der Waals surface area contributed by atoms with Crippen molar-refractivity contribution in [2.24, 2.45) is 0 Å². The first-order chi connectivity index (χ1) is 26.2. The van der Waals surface area contributed by atoms with Crippen LogP contribution in [0.2, 0.25) is 0 Å². The van der Waals surface area contributed by atoms with E-state index < -0.39 is 0 Å². The first-order valence-electron chi connectivity index (χ1n) is 18.2. The lowest BCUT2D eigenvalue weighted by Crippen LogP contribution is -1.86. The molecule has 0 N–H and O–H groups in total. The van der Waals surface area contributed by atoms with E-state index in [4.69, 9.17) is 4.42 Å². The van der Waals surface area contributed by atoms with Gasteiger partial charge in [-0.1, -0.05) is 140 Å². The van der Waals surface area contributed by atoms with E-state index in [-0.39, 0.29) is 0 Å². The summed E-state index contributed by atoms with van der Waals surface area (Å²) in [5.74, 6) is 0. The average Bonchev–Trinajstić information content (AvgIpc) is 3.60. The molecule has 0 saturated heterocycles. The maximum atomic E-state index is 6.42. The van der Waals surface area contributed by atoms with Crippen LogP contribution in [-0.2, 0) is 0 Å². The molecule has 0 bridgehead atoms. The van der Waals surface area contributed by atoms with Gasteiger partial charge in [-0.25, -0.2) is 0 Å². The Hall–Kier alpha value is -6.96. The van der Waals surface area contributed by atoms with Gasteiger partial charge in [-0.05, 0) is 142 Å². The van der Waals surface area contributed by atoms with E-state index in [0.717, 1.165) is 33.1 Å². The van der Waals surface area contributed by atoms with Crippen LogP contribution < -0.4 is 0 Å². The molecule has 1 nitrogen and oxygen atoms in total. The summed E-state index contributed by atoms with van der Waals surface area (Å²) in [7, 11) is 0. The summed E-state index contributed by atoms with van der Waals surface area (Å²) < 4.78 is 6.42. The predicted octanol–water partition coefficient (Wildman–Crippen LogP) is 14.9. The Balaban J connectivity index is 0.905. The molecule has 0 aliphatic carbocycles. The Morgan fingerprint density at radius 2 is 0.660 bits per heavy atom. The van der Waals surface area contributed by atoms with Gasteiger partial charge in [-0.15, -0.1) is 0 Å². The molecule has 0 saturated carbocycles. The van der Waals surface area contributed by atoms with Gasteiger partial charge in [0.05, 0.1) is 0 Å². The quantitative estimate of drug-likeness (QED) is 0.170. The zero-order chi connectivity index (χ0) is 34.9. The summed E-state index contributed by atoms with van der Waals surface area (Å²) in [5, 5.41) is 12.4. The maximum absolute atomic E-state index is 6.42. The van der Waals surface area contributed by atoms with Gasteiger partial charge >= 0.3 is 0 Å². The summed E-state index contributed by atoms with van der Waals surface area (Å²) in [4.78, 5) is 0. The molecular weight excluding hydrogens is 641 g/mol. The van der Waals surface area contributed by atoms with Crippen molar-refractivity contribution in [2.75, 3.05) is 0 Å². The molecule has 1 heteroatoms. The fraction of sp³-hybridized carbons (Fsp3) is 0. The van der Waals surface area contributed by atoms with Gasteiger partial charge in [0.1, 0.15) is 11.2 Å². The second kappa shape index (κ2) is 11.8. The van der Waals surface area contributed by atoms with Crippen molar-refractivity contribution in [1.82, 2.24) is 0 Å². The minimum atomic E-state index is 0.909. The van der Waals surface area contributed by atoms with Gasteiger partial charge in [-0.2, -0.15) is 0 Å². The van der Waals surface area contributed by atoms with Crippen LogP contribution in [0.5, 0.6) is 0 Å². The van der Waals surface area contributed by atoms with E-state index in [1.165, 1.54) is 76.5 Å². The van der Waals surface area contributed by atoms with E-state index in [9.17, 15) is 0 Å². The van der Waals surface area contributed by atoms with Crippen LogP contribution >= 0.6 is 0 Å². The molecule has 11 rings (SSSR count). The zero-order valence-electron chi connectivity index (χ0n) is 28.9. The van der Waals surface area contributed by atoms with Crippen molar-refractivity contribution in [1.29, 1.82) is 0 Å². The summed E-state index contributed by atoms with van der Waals surface area (Å²) in [6.45, 7) is 0. The Labute approximate surface area is 307 Å². The second-order valence-corrected chi connectivity index (χ2v) is 14.1. The molecule has 53 heavy (non-hydrogen) atoms. The van der Waals surface area contributed by atoms with Crippen molar-refractivity contribution in [2.45, 2.75) is 0 Å². The summed E-state index contributed by atoms with van der Waals surface area (Å²) >= 11 is 0. The molecule has 11 aromatic rings. The number of hydrogen-bond donors (Lipinski definition) is 0. The molecule has 0 fully saturated rings. The zero-order valence-corrected chi connectivity index (χ0v) is 28.9. The number of hydrogen-bond acceptors (Lipinski definition) is 1. The molecule has 0 unspecified atom stereocenters. The number of rotatable bonds is 4. The Morgan fingerprint density at radius 1 is 0.226 bits per heavy atom. The van der Waals surface area contributed by atoms with E-state index >= 15 is 0 Å².